The van der Waals surface area contributed by atoms with Crippen molar-refractivity contribution >= 4 is 51.2 Å². The summed E-state index contributed by atoms with van der Waals surface area (Å²) in [4.78, 5) is 47.9. The quantitative estimate of drug-likeness (QED) is 0.332. The molecule has 0 aliphatic carbocycles. The second-order valence-corrected chi connectivity index (χ2v) is 6.36. The van der Waals surface area contributed by atoms with Gasteiger partial charge in [-0.3, -0.25) is 25.0 Å². The minimum atomic E-state index is -0.924. The van der Waals surface area contributed by atoms with E-state index in [0.717, 1.165) is 23.1 Å². The summed E-state index contributed by atoms with van der Waals surface area (Å²) < 4.78 is 0.622. The molecule has 2 aromatic carbocycles. The lowest BCUT2D eigenvalue weighted by atomic mass is 10.1. The SMILES string of the molecule is O=C1NC(=O)N(c2cccc(Br)c2)C(=O)/C1=C/c1ccc(O)c([N+](=O)[O-])c1. The number of carbonyl (C=O) groups is 3. The lowest BCUT2D eigenvalue weighted by Crippen LogP contribution is -2.54. The summed E-state index contributed by atoms with van der Waals surface area (Å²) >= 11 is 3.24. The molecule has 0 saturated carbocycles. The highest BCUT2D eigenvalue weighted by molar-refractivity contribution is 9.10. The standard InChI is InChI=1S/C17H10BrN3O6/c18-10-2-1-3-11(8-10)20-16(24)12(15(23)19-17(20)25)6-9-4-5-14(22)13(7-9)21(26)27/h1-8,22H,(H,19,23,25)/b12-6+. The fourth-order valence-corrected chi connectivity index (χ4v) is 2.84. The number of urea groups is 1. The van der Waals surface area contributed by atoms with E-state index in [0.29, 0.717) is 4.47 Å². The van der Waals surface area contributed by atoms with Crippen LogP contribution in [-0.4, -0.2) is 27.9 Å². The van der Waals surface area contributed by atoms with E-state index >= 15 is 0 Å². The maximum atomic E-state index is 12.7. The smallest absolute Gasteiger partial charge is 0.335 e. The molecule has 1 fully saturated rings. The van der Waals surface area contributed by atoms with E-state index < -0.39 is 34.2 Å². The number of phenolic OH excluding ortho intramolecular Hbond substituents is 1. The highest BCUT2D eigenvalue weighted by Gasteiger charge is 2.37. The number of nitro benzene ring substituents is 1. The summed E-state index contributed by atoms with van der Waals surface area (Å²) in [6.07, 6.45) is 1.11. The molecule has 0 radical (unpaired) electrons. The summed E-state index contributed by atoms with van der Waals surface area (Å²) in [6.45, 7) is 0. The van der Waals surface area contributed by atoms with E-state index in [9.17, 15) is 29.6 Å². The number of aromatic hydroxyl groups is 1. The van der Waals surface area contributed by atoms with Crippen LogP contribution in [0.5, 0.6) is 5.75 Å². The third-order valence-electron chi connectivity index (χ3n) is 3.68. The van der Waals surface area contributed by atoms with Crippen molar-refractivity contribution in [2.24, 2.45) is 0 Å². The lowest BCUT2D eigenvalue weighted by molar-refractivity contribution is -0.385. The Kier molecular flexibility index (Phi) is 4.74. The Hall–Kier alpha value is -3.53. The van der Waals surface area contributed by atoms with E-state index in [1.54, 1.807) is 12.1 Å². The number of hydrogen-bond donors (Lipinski definition) is 2. The number of halogens is 1. The third kappa shape index (κ3) is 3.55. The van der Waals surface area contributed by atoms with Crippen molar-refractivity contribution in [1.29, 1.82) is 0 Å². The average molecular weight is 432 g/mol. The molecular formula is C17H10BrN3O6. The van der Waals surface area contributed by atoms with Crippen molar-refractivity contribution in [3.8, 4) is 5.75 Å². The van der Waals surface area contributed by atoms with Gasteiger partial charge in [0.1, 0.15) is 5.57 Å². The molecule has 1 saturated heterocycles. The summed E-state index contributed by atoms with van der Waals surface area (Å²) in [5, 5.41) is 22.5. The minimum Gasteiger partial charge on any atom is -0.502 e. The van der Waals surface area contributed by atoms with Gasteiger partial charge in [-0.05, 0) is 35.9 Å². The number of nitrogens with zero attached hydrogens (tertiary/aromatic N) is 2. The molecule has 4 amide bonds. The second-order valence-electron chi connectivity index (χ2n) is 5.44. The van der Waals surface area contributed by atoms with Crippen LogP contribution in [0, 0.1) is 10.1 Å². The Morgan fingerprint density at radius 3 is 2.56 bits per heavy atom. The fourth-order valence-electron chi connectivity index (χ4n) is 2.45. The zero-order chi connectivity index (χ0) is 19.7. The van der Waals surface area contributed by atoms with Gasteiger partial charge in [0, 0.05) is 10.5 Å². The highest BCUT2D eigenvalue weighted by Crippen LogP contribution is 2.29. The topological polar surface area (TPSA) is 130 Å². The Bertz CT molecular complexity index is 1030. The number of hydrogen-bond acceptors (Lipinski definition) is 6. The van der Waals surface area contributed by atoms with Gasteiger partial charge < -0.3 is 5.11 Å². The first-order valence-corrected chi connectivity index (χ1v) is 8.21. The third-order valence-corrected chi connectivity index (χ3v) is 4.17. The van der Waals surface area contributed by atoms with Crippen LogP contribution in [0.3, 0.4) is 0 Å². The van der Waals surface area contributed by atoms with Crippen molar-refractivity contribution in [3.05, 3.63) is 68.2 Å². The number of amides is 4. The summed E-state index contributed by atoms with van der Waals surface area (Å²) in [7, 11) is 0. The number of barbiturate groups is 1. The van der Waals surface area contributed by atoms with Crippen LogP contribution in [0.1, 0.15) is 5.56 Å². The molecule has 2 N–H and O–H groups in total. The molecule has 0 atom stereocenters. The predicted molar refractivity (Wildman–Crippen MR) is 97.9 cm³/mol. The first-order chi connectivity index (χ1) is 12.8. The molecule has 10 heteroatoms. The van der Waals surface area contributed by atoms with Gasteiger partial charge in [0.2, 0.25) is 0 Å². The fraction of sp³-hybridized carbons (Fsp3) is 0. The molecule has 9 nitrogen and oxygen atoms in total. The van der Waals surface area contributed by atoms with Crippen LogP contribution in [0.25, 0.3) is 6.08 Å². The van der Waals surface area contributed by atoms with Gasteiger partial charge >= 0.3 is 11.7 Å². The largest absolute Gasteiger partial charge is 0.502 e. The van der Waals surface area contributed by atoms with Crippen molar-refractivity contribution in [2.45, 2.75) is 0 Å². The highest BCUT2D eigenvalue weighted by atomic mass is 79.9. The van der Waals surface area contributed by atoms with Gasteiger partial charge in [-0.2, -0.15) is 0 Å². The van der Waals surface area contributed by atoms with Crippen LogP contribution in [0.4, 0.5) is 16.2 Å². The number of carbonyl (C=O) groups excluding carboxylic acids is 3. The van der Waals surface area contributed by atoms with Gasteiger partial charge in [0.25, 0.3) is 11.8 Å². The van der Waals surface area contributed by atoms with E-state index in [-0.39, 0.29) is 16.8 Å². The molecule has 0 aromatic heterocycles. The molecule has 136 valence electrons. The summed E-state index contributed by atoms with van der Waals surface area (Å²) in [5.74, 6) is -2.35. The Balaban J connectivity index is 2.04. The lowest BCUT2D eigenvalue weighted by Gasteiger charge is -2.26. The van der Waals surface area contributed by atoms with Crippen LogP contribution in [-0.2, 0) is 9.59 Å². The molecule has 2 aromatic rings. The summed E-state index contributed by atoms with van der Waals surface area (Å²) in [6, 6.07) is 8.84. The van der Waals surface area contributed by atoms with Gasteiger partial charge in [0.15, 0.2) is 5.75 Å². The van der Waals surface area contributed by atoms with E-state index in [4.69, 9.17) is 0 Å². The molecular weight excluding hydrogens is 422 g/mol. The number of benzene rings is 2. The molecule has 0 bridgehead atoms. The van der Waals surface area contributed by atoms with Crippen LogP contribution in [0.2, 0.25) is 0 Å². The number of rotatable bonds is 3. The minimum absolute atomic E-state index is 0.140. The normalized spacial score (nSPS) is 15.8. The van der Waals surface area contributed by atoms with Crippen molar-refractivity contribution in [2.75, 3.05) is 4.90 Å². The molecule has 3 rings (SSSR count). The van der Waals surface area contributed by atoms with Gasteiger partial charge in [0.05, 0.1) is 10.6 Å². The Labute approximate surface area is 160 Å². The molecule has 1 aliphatic heterocycles. The average Bonchev–Trinajstić information content (AvgIpc) is 2.59. The van der Waals surface area contributed by atoms with Crippen molar-refractivity contribution in [1.82, 2.24) is 5.32 Å². The Morgan fingerprint density at radius 2 is 1.89 bits per heavy atom. The van der Waals surface area contributed by atoms with Crippen LogP contribution < -0.4 is 10.2 Å². The maximum Gasteiger partial charge on any atom is 0.335 e. The monoisotopic (exact) mass is 431 g/mol. The first kappa shape index (κ1) is 18.3. The molecule has 1 heterocycles. The van der Waals surface area contributed by atoms with Crippen LogP contribution in [0.15, 0.2) is 52.5 Å². The van der Waals surface area contributed by atoms with Crippen LogP contribution >= 0.6 is 15.9 Å². The second kappa shape index (κ2) is 7.00. The molecule has 0 unspecified atom stereocenters. The number of nitro groups is 1. The van der Waals surface area contributed by atoms with E-state index in [1.807, 2.05) is 0 Å². The zero-order valence-corrected chi connectivity index (χ0v) is 15.0. The number of imide groups is 2. The van der Waals surface area contributed by atoms with Gasteiger partial charge in [-0.25, -0.2) is 9.69 Å². The van der Waals surface area contributed by atoms with Gasteiger partial charge in [-0.15, -0.1) is 0 Å². The maximum absolute atomic E-state index is 12.7. The number of nitrogens with one attached hydrogen (secondary N) is 1. The van der Waals surface area contributed by atoms with Gasteiger partial charge in [-0.1, -0.05) is 28.1 Å². The predicted octanol–water partition coefficient (Wildman–Crippen LogP) is 2.73. The summed E-state index contributed by atoms with van der Waals surface area (Å²) in [5.41, 5.74) is -0.578. The number of anilines is 1. The zero-order valence-electron chi connectivity index (χ0n) is 13.4. The molecule has 27 heavy (non-hydrogen) atoms. The molecule has 0 spiro atoms. The molecule has 1 aliphatic rings. The van der Waals surface area contributed by atoms with Crippen molar-refractivity contribution in [3.63, 3.8) is 0 Å². The van der Waals surface area contributed by atoms with E-state index in [2.05, 4.69) is 21.2 Å². The van der Waals surface area contributed by atoms with E-state index in [1.165, 1.54) is 18.2 Å². The first-order valence-electron chi connectivity index (χ1n) is 7.42. The number of phenols is 1. The Morgan fingerprint density at radius 1 is 1.15 bits per heavy atom. The van der Waals surface area contributed by atoms with Crippen molar-refractivity contribution < 1.29 is 24.4 Å².